The molecule has 0 radical (unpaired) electrons. The Morgan fingerprint density at radius 1 is 1.27 bits per heavy atom. The van der Waals surface area contributed by atoms with Crippen molar-refractivity contribution in [3.8, 4) is 0 Å². The first kappa shape index (κ1) is 13.5. The summed E-state index contributed by atoms with van der Waals surface area (Å²) in [5.41, 5.74) is 1.50. The van der Waals surface area contributed by atoms with Gasteiger partial charge in [-0.25, -0.2) is 4.99 Å². The first-order chi connectivity index (χ1) is 10.8. The molecular weight excluding hydrogens is 298 g/mol. The Morgan fingerprint density at radius 3 is 2.95 bits per heavy atom. The molecular formula is C16H15N3O2S. The van der Waals surface area contributed by atoms with Gasteiger partial charge in [0.15, 0.2) is 0 Å². The number of morpholine rings is 1. The van der Waals surface area contributed by atoms with Crippen molar-refractivity contribution in [2.45, 2.75) is 0 Å². The summed E-state index contributed by atoms with van der Waals surface area (Å²) in [6, 6.07) is 8.18. The van der Waals surface area contributed by atoms with Gasteiger partial charge >= 0.3 is 0 Å². The van der Waals surface area contributed by atoms with Crippen molar-refractivity contribution in [1.29, 1.82) is 0 Å². The number of thiophene rings is 1. The topological polar surface area (TPSA) is 53.9 Å². The van der Waals surface area contributed by atoms with Crippen molar-refractivity contribution in [1.82, 2.24) is 10.2 Å². The van der Waals surface area contributed by atoms with Gasteiger partial charge in [-0.15, -0.1) is 11.3 Å². The van der Waals surface area contributed by atoms with Crippen molar-refractivity contribution in [2.75, 3.05) is 26.3 Å². The van der Waals surface area contributed by atoms with E-state index in [0.29, 0.717) is 24.9 Å². The molecule has 4 rings (SSSR count). The third-order valence-corrected chi connectivity index (χ3v) is 4.78. The lowest BCUT2D eigenvalue weighted by Crippen LogP contribution is -2.46. The van der Waals surface area contributed by atoms with Crippen LogP contribution >= 0.6 is 11.3 Å². The molecule has 3 heterocycles. The van der Waals surface area contributed by atoms with Crippen molar-refractivity contribution in [3.63, 3.8) is 0 Å². The van der Waals surface area contributed by atoms with Crippen molar-refractivity contribution < 1.29 is 9.53 Å². The average molecular weight is 313 g/mol. The molecule has 1 fully saturated rings. The molecule has 2 aliphatic heterocycles. The number of nitrogens with zero attached hydrogens (tertiary/aromatic N) is 2. The van der Waals surface area contributed by atoms with Crippen LogP contribution in [0.4, 0.5) is 0 Å². The highest BCUT2D eigenvalue weighted by Crippen LogP contribution is 2.28. The van der Waals surface area contributed by atoms with E-state index in [1.807, 2.05) is 23.1 Å². The first-order valence-corrected chi connectivity index (χ1v) is 8.10. The molecule has 1 aromatic heterocycles. The van der Waals surface area contributed by atoms with E-state index in [0.717, 1.165) is 24.0 Å². The Bertz CT molecular complexity index is 788. The van der Waals surface area contributed by atoms with Crippen LogP contribution < -0.4 is 5.32 Å². The zero-order chi connectivity index (χ0) is 14.9. The van der Waals surface area contributed by atoms with Gasteiger partial charge in [0.1, 0.15) is 5.70 Å². The Hall–Kier alpha value is -2.18. The molecule has 0 aliphatic carbocycles. The number of hydrogen-bond acceptors (Lipinski definition) is 5. The molecule has 0 saturated carbocycles. The van der Waals surface area contributed by atoms with Gasteiger partial charge in [0.2, 0.25) is 5.96 Å². The monoisotopic (exact) mass is 313 g/mol. The number of hydrogen-bond donors (Lipinski definition) is 1. The third-order valence-electron chi connectivity index (χ3n) is 3.80. The number of benzene rings is 1. The fourth-order valence-corrected chi connectivity index (χ4v) is 3.56. The molecule has 0 atom stereocenters. The molecule has 1 amide bonds. The lowest BCUT2D eigenvalue weighted by atomic mass is 10.1. The molecule has 2 aromatic rings. The van der Waals surface area contributed by atoms with Gasteiger partial charge in [-0.1, -0.05) is 18.2 Å². The molecule has 1 saturated heterocycles. The van der Waals surface area contributed by atoms with E-state index in [4.69, 9.17) is 4.74 Å². The largest absolute Gasteiger partial charge is 0.378 e. The smallest absolute Gasteiger partial charge is 0.276 e. The summed E-state index contributed by atoms with van der Waals surface area (Å²) in [5.74, 6) is 0.496. The summed E-state index contributed by atoms with van der Waals surface area (Å²) >= 11 is 1.68. The number of aliphatic imine (C=N–C) groups is 1. The molecule has 5 nitrogen and oxygen atoms in total. The third kappa shape index (κ3) is 2.40. The maximum Gasteiger partial charge on any atom is 0.276 e. The number of rotatable bonds is 1. The Kier molecular flexibility index (Phi) is 3.40. The van der Waals surface area contributed by atoms with E-state index in [2.05, 4.69) is 27.8 Å². The van der Waals surface area contributed by atoms with Gasteiger partial charge in [0.25, 0.3) is 5.91 Å². The van der Waals surface area contributed by atoms with Gasteiger partial charge in [0, 0.05) is 17.8 Å². The number of nitrogens with one attached hydrogen (secondary N) is 1. The summed E-state index contributed by atoms with van der Waals surface area (Å²) in [4.78, 5) is 18.7. The van der Waals surface area contributed by atoms with Crippen LogP contribution in [0.2, 0.25) is 0 Å². The van der Waals surface area contributed by atoms with Crippen LogP contribution in [0.3, 0.4) is 0 Å². The molecule has 1 aromatic carbocycles. The zero-order valence-electron chi connectivity index (χ0n) is 11.9. The molecule has 112 valence electrons. The second-order valence-corrected chi connectivity index (χ2v) is 6.12. The van der Waals surface area contributed by atoms with Crippen LogP contribution in [0.25, 0.3) is 16.2 Å². The maximum absolute atomic E-state index is 12.1. The van der Waals surface area contributed by atoms with E-state index in [-0.39, 0.29) is 5.91 Å². The lowest BCUT2D eigenvalue weighted by Gasteiger charge is -2.27. The van der Waals surface area contributed by atoms with E-state index in [1.54, 1.807) is 11.3 Å². The number of guanidine groups is 1. The number of carbonyl (C=O) groups is 1. The molecule has 2 aliphatic rings. The van der Waals surface area contributed by atoms with Crippen LogP contribution in [0, 0.1) is 0 Å². The Morgan fingerprint density at radius 2 is 2.09 bits per heavy atom. The SMILES string of the molecule is O=C1NC(N2CCOCC2)=NC1=Cc1csc2ccccc12. The predicted molar refractivity (Wildman–Crippen MR) is 87.8 cm³/mol. The maximum atomic E-state index is 12.1. The summed E-state index contributed by atoms with van der Waals surface area (Å²) in [5, 5.41) is 6.07. The molecule has 0 bridgehead atoms. The van der Waals surface area contributed by atoms with Crippen LogP contribution in [-0.4, -0.2) is 43.1 Å². The van der Waals surface area contributed by atoms with Crippen LogP contribution in [0.1, 0.15) is 5.56 Å². The molecule has 1 N–H and O–H groups in total. The minimum absolute atomic E-state index is 0.142. The molecule has 0 spiro atoms. The summed E-state index contributed by atoms with van der Waals surface area (Å²) < 4.78 is 6.54. The van der Waals surface area contributed by atoms with Crippen molar-refractivity contribution >= 4 is 39.4 Å². The zero-order valence-corrected chi connectivity index (χ0v) is 12.7. The average Bonchev–Trinajstić information content (AvgIpc) is 3.13. The minimum atomic E-state index is -0.142. The highest BCUT2D eigenvalue weighted by atomic mass is 32.1. The van der Waals surface area contributed by atoms with E-state index in [9.17, 15) is 4.79 Å². The molecule has 6 heteroatoms. The summed E-state index contributed by atoms with van der Waals surface area (Å²) in [6.07, 6.45) is 1.86. The Labute approximate surface area is 131 Å². The number of ether oxygens (including phenoxy) is 1. The van der Waals surface area contributed by atoms with Crippen LogP contribution in [-0.2, 0) is 9.53 Å². The highest BCUT2D eigenvalue weighted by Gasteiger charge is 2.25. The van der Waals surface area contributed by atoms with Crippen molar-refractivity contribution in [2.24, 2.45) is 4.99 Å². The summed E-state index contributed by atoms with van der Waals surface area (Å²) in [7, 11) is 0. The number of fused-ring (bicyclic) bond motifs is 1. The van der Waals surface area contributed by atoms with Gasteiger partial charge in [-0.3, -0.25) is 10.1 Å². The van der Waals surface area contributed by atoms with Crippen molar-refractivity contribution in [3.05, 3.63) is 40.9 Å². The quantitative estimate of drug-likeness (QED) is 0.820. The first-order valence-electron chi connectivity index (χ1n) is 7.22. The number of carbonyl (C=O) groups excluding carboxylic acids is 1. The standard InChI is InChI=1S/C16H15N3O2S/c20-15-13(17-16(18-15)19-5-7-21-8-6-19)9-11-10-22-14-4-2-1-3-12(11)14/h1-4,9-10H,5-8H2,(H,17,18,20). The second kappa shape index (κ2) is 5.55. The van der Waals surface area contributed by atoms with E-state index >= 15 is 0 Å². The normalized spacial score (nSPS) is 20.5. The van der Waals surface area contributed by atoms with E-state index < -0.39 is 0 Å². The van der Waals surface area contributed by atoms with Gasteiger partial charge in [0.05, 0.1) is 13.2 Å². The fourth-order valence-electron chi connectivity index (χ4n) is 2.64. The second-order valence-electron chi connectivity index (χ2n) is 5.21. The lowest BCUT2D eigenvalue weighted by molar-refractivity contribution is -0.115. The van der Waals surface area contributed by atoms with Crippen LogP contribution in [0.15, 0.2) is 40.3 Å². The summed E-state index contributed by atoms with van der Waals surface area (Å²) in [6.45, 7) is 2.85. The Balaban J connectivity index is 1.66. The highest BCUT2D eigenvalue weighted by molar-refractivity contribution is 7.17. The number of amides is 1. The van der Waals surface area contributed by atoms with E-state index in [1.165, 1.54) is 4.70 Å². The van der Waals surface area contributed by atoms with Gasteiger partial charge in [-0.2, -0.15) is 0 Å². The molecule has 22 heavy (non-hydrogen) atoms. The minimum Gasteiger partial charge on any atom is -0.378 e. The van der Waals surface area contributed by atoms with Gasteiger partial charge in [-0.05, 0) is 28.5 Å². The van der Waals surface area contributed by atoms with Gasteiger partial charge < -0.3 is 9.64 Å². The molecule has 0 unspecified atom stereocenters. The fraction of sp³-hybridized carbons (Fsp3) is 0.250. The van der Waals surface area contributed by atoms with Crippen LogP contribution in [0.5, 0.6) is 0 Å². The predicted octanol–water partition coefficient (Wildman–Crippen LogP) is 2.06.